The van der Waals surface area contributed by atoms with Crippen LogP contribution in [0, 0.1) is 11.3 Å². The molecule has 14 heavy (non-hydrogen) atoms. The fourth-order valence-corrected chi connectivity index (χ4v) is 1.94. The van der Waals surface area contributed by atoms with Crippen molar-refractivity contribution < 1.29 is 4.74 Å². The molecule has 3 nitrogen and oxygen atoms in total. The molecular weight excluding hydrogens is 176 g/mol. The highest BCUT2D eigenvalue weighted by Crippen LogP contribution is 2.19. The second kappa shape index (κ2) is 5.35. The SMILES string of the molecule is CCOCC(C(C)C)N1CCCC1=N. The van der Waals surface area contributed by atoms with Crippen molar-refractivity contribution in [3.8, 4) is 0 Å². The van der Waals surface area contributed by atoms with Crippen molar-refractivity contribution in [2.24, 2.45) is 5.92 Å². The summed E-state index contributed by atoms with van der Waals surface area (Å²) in [5, 5.41) is 7.84. The van der Waals surface area contributed by atoms with Gasteiger partial charge in [0, 0.05) is 19.6 Å². The van der Waals surface area contributed by atoms with Crippen LogP contribution < -0.4 is 0 Å². The van der Waals surface area contributed by atoms with Crippen molar-refractivity contribution in [2.75, 3.05) is 19.8 Å². The lowest BCUT2D eigenvalue weighted by atomic mass is 10.0. The maximum absolute atomic E-state index is 7.84. The Kier molecular flexibility index (Phi) is 4.39. The molecule has 0 radical (unpaired) electrons. The fourth-order valence-electron chi connectivity index (χ4n) is 1.94. The fraction of sp³-hybridized carbons (Fsp3) is 0.909. The molecule has 1 atom stereocenters. The number of amidine groups is 1. The van der Waals surface area contributed by atoms with Gasteiger partial charge in [-0.25, -0.2) is 0 Å². The van der Waals surface area contributed by atoms with E-state index in [4.69, 9.17) is 10.1 Å². The minimum absolute atomic E-state index is 0.393. The molecule has 3 heteroatoms. The number of nitrogens with zero attached hydrogens (tertiary/aromatic N) is 1. The molecule has 1 N–H and O–H groups in total. The van der Waals surface area contributed by atoms with Crippen LogP contribution in [0.25, 0.3) is 0 Å². The van der Waals surface area contributed by atoms with Gasteiger partial charge in [0.05, 0.1) is 18.5 Å². The molecule has 0 aromatic heterocycles. The molecule has 1 fully saturated rings. The highest BCUT2D eigenvalue weighted by molar-refractivity contribution is 5.81. The number of ether oxygens (including phenoxy) is 1. The Morgan fingerprint density at radius 1 is 1.50 bits per heavy atom. The summed E-state index contributed by atoms with van der Waals surface area (Å²) in [5.74, 6) is 1.35. The first kappa shape index (κ1) is 11.5. The average Bonchev–Trinajstić information content (AvgIpc) is 2.52. The third kappa shape index (κ3) is 2.71. The Labute approximate surface area is 86.9 Å². The van der Waals surface area contributed by atoms with E-state index in [9.17, 15) is 0 Å². The zero-order chi connectivity index (χ0) is 10.6. The summed E-state index contributed by atoms with van der Waals surface area (Å²) < 4.78 is 5.48. The van der Waals surface area contributed by atoms with E-state index in [0.717, 1.165) is 38.4 Å². The van der Waals surface area contributed by atoms with E-state index in [1.165, 1.54) is 0 Å². The van der Waals surface area contributed by atoms with Crippen LogP contribution in [0.2, 0.25) is 0 Å². The molecule has 1 aliphatic rings. The smallest absolute Gasteiger partial charge is 0.0961 e. The first-order valence-corrected chi connectivity index (χ1v) is 5.58. The Morgan fingerprint density at radius 2 is 2.21 bits per heavy atom. The van der Waals surface area contributed by atoms with E-state index in [0.29, 0.717) is 12.0 Å². The van der Waals surface area contributed by atoms with Gasteiger partial charge in [-0.2, -0.15) is 0 Å². The normalized spacial score (nSPS) is 19.4. The first-order chi connectivity index (χ1) is 6.66. The van der Waals surface area contributed by atoms with Crippen LogP contribution in [0.15, 0.2) is 0 Å². The highest BCUT2D eigenvalue weighted by atomic mass is 16.5. The zero-order valence-electron chi connectivity index (χ0n) is 9.55. The molecule has 1 rings (SSSR count). The summed E-state index contributed by atoms with van der Waals surface area (Å²) in [6.07, 6.45) is 2.07. The van der Waals surface area contributed by atoms with Gasteiger partial charge in [-0.15, -0.1) is 0 Å². The van der Waals surface area contributed by atoms with Gasteiger partial charge in [-0.1, -0.05) is 13.8 Å². The van der Waals surface area contributed by atoms with Crippen molar-refractivity contribution in [1.82, 2.24) is 4.90 Å². The summed E-state index contributed by atoms with van der Waals surface area (Å²) in [4.78, 5) is 2.21. The second-order valence-electron chi connectivity index (χ2n) is 4.21. The Morgan fingerprint density at radius 3 is 2.64 bits per heavy atom. The predicted molar refractivity (Wildman–Crippen MR) is 58.8 cm³/mol. The van der Waals surface area contributed by atoms with Crippen LogP contribution in [-0.2, 0) is 4.74 Å². The van der Waals surface area contributed by atoms with E-state index in [2.05, 4.69) is 18.7 Å². The van der Waals surface area contributed by atoms with Gasteiger partial charge in [0.15, 0.2) is 0 Å². The van der Waals surface area contributed by atoms with Gasteiger partial charge < -0.3 is 9.64 Å². The molecule has 0 aromatic carbocycles. The third-order valence-electron chi connectivity index (χ3n) is 2.82. The highest BCUT2D eigenvalue weighted by Gasteiger charge is 2.27. The Balaban J connectivity index is 2.52. The average molecular weight is 198 g/mol. The van der Waals surface area contributed by atoms with E-state index in [1.54, 1.807) is 0 Å². The second-order valence-corrected chi connectivity index (χ2v) is 4.21. The molecule has 0 amide bonds. The minimum atomic E-state index is 0.393. The van der Waals surface area contributed by atoms with Crippen LogP contribution in [-0.4, -0.2) is 36.5 Å². The maximum atomic E-state index is 7.84. The van der Waals surface area contributed by atoms with Gasteiger partial charge in [0.2, 0.25) is 0 Å². The largest absolute Gasteiger partial charge is 0.380 e. The predicted octanol–water partition coefficient (Wildman–Crippen LogP) is 2.12. The quantitative estimate of drug-likeness (QED) is 0.734. The number of likely N-dealkylation sites (tertiary alicyclic amines) is 1. The van der Waals surface area contributed by atoms with Gasteiger partial charge in [-0.3, -0.25) is 5.41 Å². The van der Waals surface area contributed by atoms with Crippen LogP contribution in [0.1, 0.15) is 33.6 Å². The molecule has 1 unspecified atom stereocenters. The molecule has 0 bridgehead atoms. The monoisotopic (exact) mass is 198 g/mol. The van der Waals surface area contributed by atoms with Gasteiger partial charge >= 0.3 is 0 Å². The molecule has 82 valence electrons. The molecule has 1 heterocycles. The first-order valence-electron chi connectivity index (χ1n) is 5.58. The van der Waals surface area contributed by atoms with Crippen molar-refractivity contribution in [2.45, 2.75) is 39.7 Å². The summed E-state index contributed by atoms with van der Waals surface area (Å²) >= 11 is 0. The molecule has 0 aromatic rings. The van der Waals surface area contributed by atoms with Crippen molar-refractivity contribution in [3.05, 3.63) is 0 Å². The summed E-state index contributed by atoms with van der Waals surface area (Å²) in [5.41, 5.74) is 0. The van der Waals surface area contributed by atoms with Crippen molar-refractivity contribution in [1.29, 1.82) is 5.41 Å². The van der Waals surface area contributed by atoms with E-state index in [-0.39, 0.29) is 0 Å². The van der Waals surface area contributed by atoms with E-state index < -0.39 is 0 Å². The number of hydrogen-bond donors (Lipinski definition) is 1. The molecule has 0 spiro atoms. The van der Waals surface area contributed by atoms with Gasteiger partial charge in [-0.05, 0) is 19.3 Å². The standard InChI is InChI=1S/C11H22N2O/c1-4-14-8-10(9(2)3)13-7-5-6-11(13)12/h9-10,12H,4-8H2,1-3H3. The lowest BCUT2D eigenvalue weighted by Crippen LogP contribution is -2.42. The van der Waals surface area contributed by atoms with Crippen LogP contribution >= 0.6 is 0 Å². The number of rotatable bonds is 5. The molecule has 0 aliphatic carbocycles. The summed E-state index contributed by atoms with van der Waals surface area (Å²) in [6, 6.07) is 0.393. The van der Waals surface area contributed by atoms with Gasteiger partial charge in [0.1, 0.15) is 0 Å². The minimum Gasteiger partial charge on any atom is -0.380 e. The molecule has 0 saturated carbocycles. The zero-order valence-corrected chi connectivity index (χ0v) is 9.55. The molecule has 1 aliphatic heterocycles. The molecule has 1 saturated heterocycles. The van der Waals surface area contributed by atoms with Crippen LogP contribution in [0.5, 0.6) is 0 Å². The van der Waals surface area contributed by atoms with Gasteiger partial charge in [0.25, 0.3) is 0 Å². The van der Waals surface area contributed by atoms with E-state index >= 15 is 0 Å². The Bertz CT molecular complexity index is 192. The molecular formula is C11H22N2O. The topological polar surface area (TPSA) is 36.3 Å². The maximum Gasteiger partial charge on any atom is 0.0961 e. The lowest BCUT2D eigenvalue weighted by molar-refractivity contribution is 0.0774. The summed E-state index contributed by atoms with van der Waals surface area (Å²) in [6.45, 7) is 8.99. The van der Waals surface area contributed by atoms with Crippen molar-refractivity contribution in [3.63, 3.8) is 0 Å². The third-order valence-corrected chi connectivity index (χ3v) is 2.82. The summed E-state index contributed by atoms with van der Waals surface area (Å²) in [7, 11) is 0. The Hall–Kier alpha value is -0.570. The van der Waals surface area contributed by atoms with Crippen LogP contribution in [0.4, 0.5) is 0 Å². The van der Waals surface area contributed by atoms with E-state index in [1.807, 2.05) is 6.92 Å². The van der Waals surface area contributed by atoms with Crippen molar-refractivity contribution >= 4 is 5.84 Å². The lowest BCUT2D eigenvalue weighted by Gasteiger charge is -2.32. The number of nitrogens with one attached hydrogen (secondary N) is 1. The number of hydrogen-bond acceptors (Lipinski definition) is 2. The van der Waals surface area contributed by atoms with Crippen LogP contribution in [0.3, 0.4) is 0 Å².